The van der Waals surface area contributed by atoms with Crippen LogP contribution in [0.15, 0.2) is 4.79 Å². The van der Waals surface area contributed by atoms with Crippen LogP contribution in [0.4, 0.5) is 0 Å². The van der Waals surface area contributed by atoms with E-state index in [1.807, 2.05) is 20.8 Å². The van der Waals surface area contributed by atoms with Crippen molar-refractivity contribution in [2.45, 2.75) is 39.2 Å². The van der Waals surface area contributed by atoms with E-state index in [1.165, 1.54) is 4.68 Å². The molecule has 0 aliphatic carbocycles. The summed E-state index contributed by atoms with van der Waals surface area (Å²) in [6.45, 7) is 5.47. The van der Waals surface area contributed by atoms with Crippen LogP contribution in [-0.4, -0.2) is 26.0 Å². The van der Waals surface area contributed by atoms with Crippen molar-refractivity contribution in [1.29, 1.82) is 0 Å². The largest absolute Gasteiger partial charge is 0.493 e. The second-order valence-corrected chi connectivity index (χ2v) is 4.64. The van der Waals surface area contributed by atoms with Gasteiger partial charge in [0.15, 0.2) is 0 Å². The first-order valence-electron chi connectivity index (χ1n) is 4.98. The van der Waals surface area contributed by atoms with E-state index in [1.54, 1.807) is 0 Å². The highest BCUT2D eigenvalue weighted by Gasteiger charge is 2.22. The molecule has 0 saturated carbocycles. The molecule has 0 radical (unpaired) electrons. The lowest BCUT2D eigenvalue weighted by Crippen LogP contribution is -2.24. The summed E-state index contributed by atoms with van der Waals surface area (Å²) < 4.78 is 1.34. The van der Waals surface area contributed by atoms with Crippen LogP contribution < -0.4 is 5.56 Å². The fourth-order valence-corrected chi connectivity index (χ4v) is 1.40. The number of aromatic amines is 1. The highest BCUT2D eigenvalue weighted by atomic mass is 16.4. The lowest BCUT2D eigenvalue weighted by molar-refractivity contribution is -0.136. The number of carboxylic acid groups (broad SMARTS) is 1. The molecule has 6 heteroatoms. The molecule has 0 aromatic carbocycles. The minimum Gasteiger partial charge on any atom is -0.493 e. The molecular formula is C10H16N2O4. The van der Waals surface area contributed by atoms with Crippen LogP contribution in [0.5, 0.6) is 5.88 Å². The van der Waals surface area contributed by atoms with Gasteiger partial charge < -0.3 is 10.2 Å². The third-order valence-corrected chi connectivity index (χ3v) is 2.23. The average Bonchev–Trinajstić information content (AvgIpc) is 2.38. The Hall–Kier alpha value is -1.72. The van der Waals surface area contributed by atoms with Gasteiger partial charge in [-0.05, 0) is 27.2 Å². The zero-order valence-corrected chi connectivity index (χ0v) is 9.57. The Bertz CT molecular complexity index is 450. The fraction of sp³-hybridized carbons (Fsp3) is 0.600. The molecule has 0 spiro atoms. The van der Waals surface area contributed by atoms with Gasteiger partial charge in [0.1, 0.15) is 0 Å². The minimum absolute atomic E-state index is 0.0274. The van der Waals surface area contributed by atoms with Crippen LogP contribution in [0.3, 0.4) is 0 Å². The SMILES string of the molecule is CC(C)(C)n1[nH]c(=O)c(CCC(=O)O)c1O. The molecule has 0 amide bonds. The van der Waals surface area contributed by atoms with E-state index in [0.717, 1.165) is 0 Å². The van der Waals surface area contributed by atoms with Crippen LogP contribution in [0, 0.1) is 0 Å². The Morgan fingerprint density at radius 2 is 2.00 bits per heavy atom. The molecule has 0 unspecified atom stereocenters. The van der Waals surface area contributed by atoms with E-state index in [0.29, 0.717) is 0 Å². The van der Waals surface area contributed by atoms with Gasteiger partial charge in [0.2, 0.25) is 5.88 Å². The number of H-pyrrole nitrogens is 1. The number of carbonyl (C=O) groups is 1. The molecular weight excluding hydrogens is 212 g/mol. The van der Waals surface area contributed by atoms with Crippen molar-refractivity contribution in [3.8, 4) is 5.88 Å². The molecule has 6 nitrogen and oxygen atoms in total. The summed E-state index contributed by atoms with van der Waals surface area (Å²) in [5, 5.41) is 20.8. The molecule has 90 valence electrons. The molecule has 1 heterocycles. The van der Waals surface area contributed by atoms with E-state index in [4.69, 9.17) is 5.11 Å². The molecule has 0 fully saturated rings. The molecule has 1 aromatic heterocycles. The number of carboxylic acids is 1. The van der Waals surface area contributed by atoms with Crippen LogP contribution in [-0.2, 0) is 16.8 Å². The number of hydrogen-bond donors (Lipinski definition) is 3. The first-order valence-corrected chi connectivity index (χ1v) is 4.98. The highest BCUT2D eigenvalue weighted by molar-refractivity contribution is 5.67. The standard InChI is InChI=1S/C10H16N2O4/c1-10(2,3)12-9(16)6(8(15)11-12)4-5-7(13)14/h16H,4-5H2,1-3H3,(H,11,15)(H,13,14). The van der Waals surface area contributed by atoms with Crippen molar-refractivity contribution in [2.24, 2.45) is 0 Å². The second kappa shape index (κ2) is 4.03. The summed E-state index contributed by atoms with van der Waals surface area (Å²) in [4.78, 5) is 21.9. The maximum Gasteiger partial charge on any atom is 0.303 e. The minimum atomic E-state index is -0.998. The molecule has 1 rings (SSSR count). The predicted molar refractivity (Wildman–Crippen MR) is 57.7 cm³/mol. The van der Waals surface area contributed by atoms with Crippen molar-refractivity contribution >= 4 is 5.97 Å². The maximum atomic E-state index is 11.5. The Kier molecular flexibility index (Phi) is 3.11. The van der Waals surface area contributed by atoms with Crippen LogP contribution in [0.25, 0.3) is 0 Å². The summed E-state index contributed by atoms with van der Waals surface area (Å²) in [6.07, 6.45) is -0.148. The molecule has 16 heavy (non-hydrogen) atoms. The molecule has 3 N–H and O–H groups in total. The van der Waals surface area contributed by atoms with Crippen LogP contribution in [0.1, 0.15) is 32.8 Å². The predicted octanol–water partition coefficient (Wildman–Crippen LogP) is 0.654. The highest BCUT2D eigenvalue weighted by Crippen LogP contribution is 2.22. The summed E-state index contributed by atoms with van der Waals surface area (Å²) in [6, 6.07) is 0. The molecule has 0 saturated heterocycles. The normalized spacial score (nSPS) is 11.7. The summed E-state index contributed by atoms with van der Waals surface area (Å²) >= 11 is 0. The van der Waals surface area contributed by atoms with Crippen molar-refractivity contribution < 1.29 is 15.0 Å². The lowest BCUT2D eigenvalue weighted by atomic mass is 10.1. The van der Waals surface area contributed by atoms with Gasteiger partial charge in [-0.15, -0.1) is 0 Å². The Morgan fingerprint density at radius 1 is 1.44 bits per heavy atom. The van der Waals surface area contributed by atoms with Crippen molar-refractivity contribution in [3.63, 3.8) is 0 Å². The number of aromatic nitrogens is 2. The number of aromatic hydroxyl groups is 1. The van der Waals surface area contributed by atoms with E-state index in [-0.39, 0.29) is 24.3 Å². The number of nitrogens with zero attached hydrogens (tertiary/aromatic N) is 1. The van der Waals surface area contributed by atoms with Gasteiger partial charge in [-0.25, -0.2) is 4.68 Å². The Labute approximate surface area is 92.5 Å². The molecule has 1 aromatic rings. The lowest BCUT2D eigenvalue weighted by Gasteiger charge is -2.20. The van der Waals surface area contributed by atoms with Gasteiger partial charge >= 0.3 is 5.97 Å². The zero-order chi connectivity index (χ0) is 12.5. The average molecular weight is 228 g/mol. The first-order chi connectivity index (χ1) is 7.23. The van der Waals surface area contributed by atoms with Crippen molar-refractivity contribution in [3.05, 3.63) is 15.9 Å². The number of hydrogen-bond acceptors (Lipinski definition) is 3. The monoisotopic (exact) mass is 228 g/mol. The fourth-order valence-electron chi connectivity index (χ4n) is 1.40. The molecule has 0 aliphatic heterocycles. The van der Waals surface area contributed by atoms with Gasteiger partial charge in [-0.1, -0.05) is 0 Å². The number of rotatable bonds is 3. The maximum absolute atomic E-state index is 11.5. The van der Waals surface area contributed by atoms with Crippen molar-refractivity contribution in [2.75, 3.05) is 0 Å². The van der Waals surface area contributed by atoms with E-state index in [9.17, 15) is 14.7 Å². The van der Waals surface area contributed by atoms with E-state index >= 15 is 0 Å². The quantitative estimate of drug-likeness (QED) is 0.708. The summed E-state index contributed by atoms with van der Waals surface area (Å²) in [5.41, 5.74) is -0.768. The second-order valence-electron chi connectivity index (χ2n) is 4.64. The topological polar surface area (TPSA) is 95.3 Å². The van der Waals surface area contributed by atoms with Crippen LogP contribution >= 0.6 is 0 Å². The summed E-state index contributed by atoms with van der Waals surface area (Å²) in [7, 11) is 0. The Balaban J connectivity index is 3.08. The molecule has 0 bridgehead atoms. The smallest absolute Gasteiger partial charge is 0.303 e. The first kappa shape index (κ1) is 12.4. The van der Waals surface area contributed by atoms with Gasteiger partial charge in [0.25, 0.3) is 5.56 Å². The van der Waals surface area contributed by atoms with Gasteiger partial charge in [0, 0.05) is 6.42 Å². The number of nitrogens with one attached hydrogen (secondary N) is 1. The zero-order valence-electron chi connectivity index (χ0n) is 9.57. The van der Waals surface area contributed by atoms with Crippen LogP contribution in [0.2, 0.25) is 0 Å². The Morgan fingerprint density at radius 3 is 2.38 bits per heavy atom. The third-order valence-electron chi connectivity index (χ3n) is 2.23. The number of aliphatic carboxylic acids is 1. The van der Waals surface area contributed by atoms with Gasteiger partial charge in [0.05, 0.1) is 11.1 Å². The molecule has 0 atom stereocenters. The van der Waals surface area contributed by atoms with Gasteiger partial charge in [-0.3, -0.25) is 14.7 Å². The van der Waals surface area contributed by atoms with Gasteiger partial charge in [-0.2, -0.15) is 0 Å². The van der Waals surface area contributed by atoms with E-state index in [2.05, 4.69) is 5.10 Å². The third kappa shape index (κ3) is 2.44. The summed E-state index contributed by atoms with van der Waals surface area (Å²) in [5.74, 6) is -1.18. The van der Waals surface area contributed by atoms with Crippen molar-refractivity contribution in [1.82, 2.24) is 9.78 Å². The molecule has 0 aliphatic rings. The van der Waals surface area contributed by atoms with E-state index < -0.39 is 17.1 Å².